The van der Waals surface area contributed by atoms with Crippen LogP contribution < -0.4 is 11.1 Å². The van der Waals surface area contributed by atoms with Crippen LogP contribution in [0.15, 0.2) is 35.5 Å². The third kappa shape index (κ3) is 4.17. The van der Waals surface area contributed by atoms with Crippen molar-refractivity contribution in [3.63, 3.8) is 0 Å². The first-order valence-electron chi connectivity index (χ1n) is 8.07. The van der Waals surface area contributed by atoms with Crippen LogP contribution >= 0.6 is 12.4 Å². The minimum Gasteiger partial charge on any atom is -0.384 e. The number of halogens is 1. The van der Waals surface area contributed by atoms with E-state index in [1.165, 1.54) is 27.3 Å². The molecule has 0 bridgehead atoms. The lowest BCUT2D eigenvalue weighted by Crippen LogP contribution is -2.35. The van der Waals surface area contributed by atoms with Gasteiger partial charge in [0.1, 0.15) is 16.4 Å². The maximum atomic E-state index is 12.7. The van der Waals surface area contributed by atoms with E-state index in [1.54, 1.807) is 19.2 Å². The van der Waals surface area contributed by atoms with Crippen LogP contribution in [0.4, 0.5) is 11.5 Å². The molecule has 0 spiro atoms. The molecule has 0 atom stereocenters. The molecule has 1 amide bonds. The first-order chi connectivity index (χ1) is 11.9. The number of rotatable bonds is 4. The van der Waals surface area contributed by atoms with Crippen LogP contribution in [0.25, 0.3) is 0 Å². The Morgan fingerprint density at radius 3 is 2.54 bits per heavy atom. The Hall–Kier alpha value is -2.10. The maximum Gasteiger partial charge on any atom is 0.272 e. The second-order valence-corrected chi connectivity index (χ2v) is 8.00. The summed E-state index contributed by atoms with van der Waals surface area (Å²) in [5.74, 6) is -0.0547. The molecule has 1 aliphatic heterocycles. The summed E-state index contributed by atoms with van der Waals surface area (Å²) in [6, 6.07) is 4.62. The van der Waals surface area contributed by atoms with E-state index in [1.807, 2.05) is 0 Å². The molecule has 3 N–H and O–H groups in total. The van der Waals surface area contributed by atoms with Crippen molar-refractivity contribution >= 4 is 39.8 Å². The Bertz CT molecular complexity index is 874. The summed E-state index contributed by atoms with van der Waals surface area (Å²) < 4.78 is 28.5. The highest BCUT2D eigenvalue weighted by atomic mass is 35.5. The van der Waals surface area contributed by atoms with Gasteiger partial charge in [-0.2, -0.15) is 4.31 Å². The average Bonchev–Trinajstić information content (AvgIpc) is 3.00. The molecule has 2 aromatic rings. The normalized spacial score (nSPS) is 15.3. The fraction of sp³-hybridized carbons (Fsp3) is 0.375. The Morgan fingerprint density at radius 2 is 1.92 bits per heavy atom. The van der Waals surface area contributed by atoms with Gasteiger partial charge >= 0.3 is 0 Å². The van der Waals surface area contributed by atoms with Gasteiger partial charge in [-0.05, 0) is 31.0 Å². The summed E-state index contributed by atoms with van der Waals surface area (Å²) in [6.07, 6.45) is 5.69. The van der Waals surface area contributed by atoms with Gasteiger partial charge in [0.2, 0.25) is 10.0 Å². The van der Waals surface area contributed by atoms with Gasteiger partial charge in [-0.1, -0.05) is 6.42 Å². The number of carbonyl (C=O) groups is 1. The number of piperidine rings is 1. The predicted molar refractivity (Wildman–Crippen MR) is 102 cm³/mol. The lowest BCUT2D eigenvalue weighted by Gasteiger charge is -2.25. The molecule has 1 aliphatic rings. The second-order valence-electron chi connectivity index (χ2n) is 6.06. The van der Waals surface area contributed by atoms with Crippen LogP contribution in [-0.4, -0.2) is 41.3 Å². The highest BCUT2D eigenvalue weighted by Gasteiger charge is 2.28. The quantitative estimate of drug-likeness (QED) is 0.815. The van der Waals surface area contributed by atoms with E-state index < -0.39 is 15.9 Å². The highest BCUT2D eigenvalue weighted by Crippen LogP contribution is 2.22. The van der Waals surface area contributed by atoms with Gasteiger partial charge in [-0.15, -0.1) is 12.4 Å². The average molecular weight is 400 g/mol. The summed E-state index contributed by atoms with van der Waals surface area (Å²) in [5.41, 5.74) is 6.26. The number of nitrogens with one attached hydrogen (secondary N) is 1. The molecule has 0 aliphatic carbocycles. The molecule has 1 fully saturated rings. The van der Waals surface area contributed by atoms with Gasteiger partial charge in [0.05, 0.1) is 11.9 Å². The number of hydrogen-bond acceptors (Lipinski definition) is 5. The minimum atomic E-state index is -3.57. The number of aryl methyl sites for hydroxylation is 1. The molecular weight excluding hydrogens is 378 g/mol. The van der Waals surface area contributed by atoms with E-state index in [9.17, 15) is 13.2 Å². The highest BCUT2D eigenvalue weighted by molar-refractivity contribution is 7.89. The summed E-state index contributed by atoms with van der Waals surface area (Å²) in [6.45, 7) is 1.05. The number of sulfonamides is 1. The predicted octanol–water partition coefficient (Wildman–Crippen LogP) is 1.85. The molecule has 142 valence electrons. The summed E-state index contributed by atoms with van der Waals surface area (Å²) in [4.78, 5) is 16.5. The first-order valence-corrected chi connectivity index (χ1v) is 9.51. The molecule has 0 aromatic carbocycles. The van der Waals surface area contributed by atoms with Crippen molar-refractivity contribution in [1.82, 2.24) is 13.9 Å². The van der Waals surface area contributed by atoms with Crippen LogP contribution in [0.5, 0.6) is 0 Å². The van der Waals surface area contributed by atoms with E-state index in [4.69, 9.17) is 5.73 Å². The van der Waals surface area contributed by atoms with Gasteiger partial charge in [-0.25, -0.2) is 13.4 Å². The van der Waals surface area contributed by atoms with E-state index in [2.05, 4.69) is 10.3 Å². The van der Waals surface area contributed by atoms with Crippen LogP contribution in [0, 0.1) is 0 Å². The molecule has 0 saturated carbocycles. The number of carbonyl (C=O) groups excluding carboxylic acids is 1. The van der Waals surface area contributed by atoms with Crippen molar-refractivity contribution in [2.45, 2.75) is 24.2 Å². The van der Waals surface area contributed by atoms with Crippen molar-refractivity contribution < 1.29 is 13.2 Å². The molecule has 0 radical (unpaired) electrons. The summed E-state index contributed by atoms with van der Waals surface area (Å²) in [5, 5.41) is 2.68. The molecule has 3 rings (SSSR count). The molecule has 8 nitrogen and oxygen atoms in total. The van der Waals surface area contributed by atoms with Gasteiger partial charge in [0, 0.05) is 26.3 Å². The number of hydrogen-bond donors (Lipinski definition) is 2. The maximum absolute atomic E-state index is 12.7. The first kappa shape index (κ1) is 20.2. The number of nitrogens with two attached hydrogens (primary N) is 1. The zero-order valence-corrected chi connectivity index (χ0v) is 16.0. The topological polar surface area (TPSA) is 110 Å². The van der Waals surface area contributed by atoms with Crippen molar-refractivity contribution in [2.75, 3.05) is 24.1 Å². The van der Waals surface area contributed by atoms with Crippen molar-refractivity contribution in [1.29, 1.82) is 0 Å². The van der Waals surface area contributed by atoms with Crippen LogP contribution in [0.2, 0.25) is 0 Å². The SMILES string of the molecule is Cl.Cn1cc(S(=O)(=O)N2CCCCC2)cc1C(=O)Nc1ccc(N)nc1. The molecular formula is C16H22ClN5O3S. The zero-order chi connectivity index (χ0) is 18.0. The lowest BCUT2D eigenvalue weighted by atomic mass is 10.2. The van der Waals surface area contributed by atoms with E-state index in [0.717, 1.165) is 19.3 Å². The summed E-state index contributed by atoms with van der Waals surface area (Å²) >= 11 is 0. The van der Waals surface area contributed by atoms with Crippen LogP contribution in [0.3, 0.4) is 0 Å². The van der Waals surface area contributed by atoms with Crippen molar-refractivity contribution in [3.05, 3.63) is 36.3 Å². The lowest BCUT2D eigenvalue weighted by molar-refractivity contribution is 0.101. The van der Waals surface area contributed by atoms with E-state index in [0.29, 0.717) is 24.6 Å². The standard InChI is InChI=1S/C16H21N5O3S.ClH/c1-20-11-13(25(23,24)21-7-3-2-4-8-21)9-14(20)16(22)19-12-5-6-15(17)18-10-12;/h5-6,9-11H,2-4,7-8H2,1H3,(H2,17,18)(H,19,22);1H. The van der Waals surface area contributed by atoms with E-state index >= 15 is 0 Å². The molecule has 1 saturated heterocycles. The van der Waals surface area contributed by atoms with Crippen molar-refractivity contribution in [2.24, 2.45) is 7.05 Å². The molecule has 26 heavy (non-hydrogen) atoms. The largest absolute Gasteiger partial charge is 0.384 e. The molecule has 10 heteroatoms. The number of pyridine rings is 1. The van der Waals surface area contributed by atoms with Gasteiger partial charge in [0.15, 0.2) is 0 Å². The molecule has 3 heterocycles. The fourth-order valence-corrected chi connectivity index (χ4v) is 4.42. The third-order valence-corrected chi connectivity index (χ3v) is 6.07. The molecule has 0 unspecified atom stereocenters. The Kier molecular flexibility index (Phi) is 6.27. The Balaban J connectivity index is 0.00000243. The van der Waals surface area contributed by atoms with Gasteiger partial charge < -0.3 is 15.6 Å². The van der Waals surface area contributed by atoms with Gasteiger partial charge in [0.25, 0.3) is 5.91 Å². The minimum absolute atomic E-state index is 0. The Morgan fingerprint density at radius 1 is 1.23 bits per heavy atom. The third-order valence-electron chi connectivity index (χ3n) is 4.21. The number of nitrogens with zero attached hydrogens (tertiary/aromatic N) is 3. The van der Waals surface area contributed by atoms with E-state index in [-0.39, 0.29) is 23.0 Å². The number of aromatic nitrogens is 2. The number of amides is 1. The zero-order valence-electron chi connectivity index (χ0n) is 14.4. The second kappa shape index (κ2) is 8.07. The van der Waals surface area contributed by atoms with Crippen LogP contribution in [-0.2, 0) is 17.1 Å². The number of anilines is 2. The number of nitrogen functional groups attached to an aromatic ring is 1. The monoisotopic (exact) mass is 399 g/mol. The van der Waals surface area contributed by atoms with Crippen LogP contribution in [0.1, 0.15) is 29.8 Å². The molecule has 2 aromatic heterocycles. The fourth-order valence-electron chi connectivity index (χ4n) is 2.83. The summed E-state index contributed by atoms with van der Waals surface area (Å²) in [7, 11) is -1.93. The smallest absolute Gasteiger partial charge is 0.272 e. The van der Waals surface area contributed by atoms with Crippen molar-refractivity contribution in [3.8, 4) is 0 Å². The Labute approximate surface area is 158 Å². The van der Waals surface area contributed by atoms with Gasteiger partial charge in [-0.3, -0.25) is 4.79 Å².